The number of hydrogen-bond acceptors (Lipinski definition) is 3. The molecule has 3 nitrogen and oxygen atoms in total. The van der Waals surface area contributed by atoms with E-state index in [1.807, 2.05) is 0 Å². The van der Waals surface area contributed by atoms with E-state index in [1.165, 1.54) is 12.1 Å². The molecule has 2 aromatic carbocycles. The number of ether oxygens (including phenoxy) is 2. The van der Waals surface area contributed by atoms with E-state index in [2.05, 4.69) is 0 Å². The summed E-state index contributed by atoms with van der Waals surface area (Å²) in [7, 11) is 3.11. The van der Waals surface area contributed by atoms with Gasteiger partial charge < -0.3 is 14.6 Å². The predicted molar refractivity (Wildman–Crippen MR) is 79.5 cm³/mol. The standard InChI is InChI=1S/C17H19FO3/c1-10-7-12(18)8-11(2)16(10)17(19)14-9-13(20-3)5-6-15(14)21-4/h5-9,17,19H,1-4H3. The first-order chi connectivity index (χ1) is 9.97. The van der Waals surface area contributed by atoms with Gasteiger partial charge in [0.15, 0.2) is 0 Å². The third-order valence-electron chi connectivity index (χ3n) is 3.56. The Kier molecular flexibility index (Phi) is 4.48. The summed E-state index contributed by atoms with van der Waals surface area (Å²) in [6, 6.07) is 8.06. The Bertz CT molecular complexity index is 629. The number of halogens is 1. The van der Waals surface area contributed by atoms with Crippen molar-refractivity contribution in [1.82, 2.24) is 0 Å². The van der Waals surface area contributed by atoms with Crippen molar-refractivity contribution in [1.29, 1.82) is 0 Å². The maximum absolute atomic E-state index is 13.4. The van der Waals surface area contributed by atoms with E-state index in [0.717, 1.165) is 0 Å². The highest BCUT2D eigenvalue weighted by Gasteiger charge is 2.20. The first-order valence-corrected chi connectivity index (χ1v) is 6.64. The van der Waals surface area contributed by atoms with Crippen LogP contribution in [0.1, 0.15) is 28.4 Å². The van der Waals surface area contributed by atoms with Gasteiger partial charge in [0.05, 0.1) is 14.2 Å². The Balaban J connectivity index is 2.56. The SMILES string of the molecule is COc1ccc(OC)c(C(O)c2c(C)cc(F)cc2C)c1. The Hall–Kier alpha value is -2.07. The lowest BCUT2D eigenvalue weighted by molar-refractivity contribution is 0.212. The molecule has 0 saturated heterocycles. The number of methoxy groups -OCH3 is 2. The first-order valence-electron chi connectivity index (χ1n) is 6.64. The Morgan fingerprint density at radius 2 is 1.62 bits per heavy atom. The fourth-order valence-electron chi connectivity index (χ4n) is 2.56. The Morgan fingerprint density at radius 1 is 1.00 bits per heavy atom. The third-order valence-corrected chi connectivity index (χ3v) is 3.56. The molecule has 2 rings (SSSR count). The predicted octanol–water partition coefficient (Wildman–Crippen LogP) is 3.54. The zero-order valence-corrected chi connectivity index (χ0v) is 12.6. The fourth-order valence-corrected chi connectivity index (χ4v) is 2.56. The second-order valence-electron chi connectivity index (χ2n) is 4.96. The van der Waals surface area contributed by atoms with Gasteiger partial charge in [-0.2, -0.15) is 0 Å². The molecular formula is C17H19FO3. The molecule has 0 fully saturated rings. The normalized spacial score (nSPS) is 12.1. The molecule has 0 saturated carbocycles. The number of hydrogen-bond donors (Lipinski definition) is 1. The molecule has 112 valence electrons. The van der Waals surface area contributed by atoms with Crippen LogP contribution in [-0.2, 0) is 0 Å². The average molecular weight is 290 g/mol. The van der Waals surface area contributed by atoms with Crippen LogP contribution < -0.4 is 9.47 Å². The highest BCUT2D eigenvalue weighted by atomic mass is 19.1. The average Bonchev–Trinajstić information content (AvgIpc) is 2.45. The smallest absolute Gasteiger partial charge is 0.125 e. The summed E-state index contributed by atoms with van der Waals surface area (Å²) < 4.78 is 23.9. The lowest BCUT2D eigenvalue weighted by Crippen LogP contribution is -2.07. The van der Waals surface area contributed by atoms with Gasteiger partial charge in [-0.15, -0.1) is 0 Å². The van der Waals surface area contributed by atoms with Crippen molar-refractivity contribution in [2.75, 3.05) is 14.2 Å². The molecule has 0 aliphatic heterocycles. The van der Waals surface area contributed by atoms with Crippen LogP contribution >= 0.6 is 0 Å². The zero-order valence-electron chi connectivity index (χ0n) is 12.6. The topological polar surface area (TPSA) is 38.7 Å². The van der Waals surface area contributed by atoms with Crippen LogP contribution in [0.4, 0.5) is 4.39 Å². The van der Waals surface area contributed by atoms with Gasteiger partial charge >= 0.3 is 0 Å². The van der Waals surface area contributed by atoms with E-state index in [-0.39, 0.29) is 5.82 Å². The van der Waals surface area contributed by atoms with Crippen LogP contribution in [0.5, 0.6) is 11.5 Å². The van der Waals surface area contributed by atoms with Gasteiger partial charge in [-0.3, -0.25) is 0 Å². The van der Waals surface area contributed by atoms with Crippen molar-refractivity contribution < 1.29 is 19.0 Å². The van der Waals surface area contributed by atoms with E-state index < -0.39 is 6.10 Å². The van der Waals surface area contributed by atoms with Crippen LogP contribution in [0.2, 0.25) is 0 Å². The monoisotopic (exact) mass is 290 g/mol. The molecule has 1 unspecified atom stereocenters. The summed E-state index contributed by atoms with van der Waals surface area (Å²) in [5.74, 6) is 0.882. The van der Waals surface area contributed by atoms with Crippen LogP contribution in [-0.4, -0.2) is 19.3 Å². The fraction of sp³-hybridized carbons (Fsp3) is 0.294. The second kappa shape index (κ2) is 6.14. The lowest BCUT2D eigenvalue weighted by atomic mass is 9.92. The van der Waals surface area contributed by atoms with Gasteiger partial charge in [-0.05, 0) is 60.9 Å². The van der Waals surface area contributed by atoms with E-state index in [4.69, 9.17) is 9.47 Å². The molecule has 0 radical (unpaired) electrons. The summed E-state index contributed by atoms with van der Waals surface area (Å²) in [5.41, 5.74) is 2.67. The maximum atomic E-state index is 13.4. The molecule has 0 amide bonds. The quantitative estimate of drug-likeness (QED) is 0.936. The zero-order chi connectivity index (χ0) is 15.6. The molecule has 1 N–H and O–H groups in total. The van der Waals surface area contributed by atoms with Crippen molar-refractivity contribution in [3.63, 3.8) is 0 Å². The van der Waals surface area contributed by atoms with Crippen LogP contribution in [0.15, 0.2) is 30.3 Å². The largest absolute Gasteiger partial charge is 0.497 e. The molecule has 0 spiro atoms. The number of rotatable bonds is 4. The minimum Gasteiger partial charge on any atom is -0.497 e. The minimum atomic E-state index is -0.907. The van der Waals surface area contributed by atoms with Gasteiger partial charge in [-0.25, -0.2) is 4.39 Å². The molecule has 2 aromatic rings. The van der Waals surface area contributed by atoms with Gasteiger partial charge in [0.1, 0.15) is 23.4 Å². The molecule has 1 atom stereocenters. The van der Waals surface area contributed by atoms with Gasteiger partial charge in [-0.1, -0.05) is 0 Å². The van der Waals surface area contributed by atoms with Crippen molar-refractivity contribution >= 4 is 0 Å². The van der Waals surface area contributed by atoms with Gasteiger partial charge in [0, 0.05) is 5.56 Å². The Labute approximate surface area is 124 Å². The molecule has 0 aromatic heterocycles. The van der Waals surface area contributed by atoms with Crippen LogP contribution in [0, 0.1) is 19.7 Å². The molecule has 0 heterocycles. The van der Waals surface area contributed by atoms with Crippen molar-refractivity contribution in [2.24, 2.45) is 0 Å². The van der Waals surface area contributed by atoms with E-state index in [1.54, 1.807) is 46.3 Å². The van der Waals surface area contributed by atoms with E-state index >= 15 is 0 Å². The van der Waals surface area contributed by atoms with Crippen LogP contribution in [0.3, 0.4) is 0 Å². The molecule has 21 heavy (non-hydrogen) atoms. The molecule has 0 bridgehead atoms. The van der Waals surface area contributed by atoms with Crippen molar-refractivity contribution in [3.05, 3.63) is 58.4 Å². The number of aliphatic hydroxyl groups excluding tert-OH is 1. The molecule has 0 aliphatic carbocycles. The lowest BCUT2D eigenvalue weighted by Gasteiger charge is -2.20. The molecule has 4 heteroatoms. The number of aryl methyl sites for hydroxylation is 2. The van der Waals surface area contributed by atoms with Crippen LogP contribution in [0.25, 0.3) is 0 Å². The van der Waals surface area contributed by atoms with Gasteiger partial charge in [0.2, 0.25) is 0 Å². The first kappa shape index (κ1) is 15.3. The van der Waals surface area contributed by atoms with Crippen molar-refractivity contribution in [3.8, 4) is 11.5 Å². The summed E-state index contributed by atoms with van der Waals surface area (Å²) in [5, 5.41) is 10.7. The summed E-state index contributed by atoms with van der Waals surface area (Å²) >= 11 is 0. The number of benzene rings is 2. The minimum absolute atomic E-state index is 0.307. The molecule has 0 aliphatic rings. The highest BCUT2D eigenvalue weighted by molar-refractivity contribution is 5.48. The summed E-state index contributed by atoms with van der Waals surface area (Å²) in [6.07, 6.45) is -0.907. The van der Waals surface area contributed by atoms with E-state index in [9.17, 15) is 9.50 Å². The third kappa shape index (κ3) is 3.00. The van der Waals surface area contributed by atoms with E-state index in [0.29, 0.717) is 33.8 Å². The maximum Gasteiger partial charge on any atom is 0.125 e. The highest BCUT2D eigenvalue weighted by Crippen LogP contribution is 2.35. The molecular weight excluding hydrogens is 271 g/mol. The summed E-state index contributed by atoms with van der Waals surface area (Å²) in [6.45, 7) is 3.56. The second-order valence-corrected chi connectivity index (χ2v) is 4.96. The van der Waals surface area contributed by atoms with Crippen molar-refractivity contribution in [2.45, 2.75) is 20.0 Å². The number of aliphatic hydroxyl groups is 1. The van der Waals surface area contributed by atoms with Gasteiger partial charge in [0.25, 0.3) is 0 Å². The summed E-state index contributed by atoms with van der Waals surface area (Å²) in [4.78, 5) is 0. The Morgan fingerprint density at radius 3 is 2.14 bits per heavy atom.